The molecule has 0 radical (unpaired) electrons. The van der Waals surface area contributed by atoms with E-state index >= 15 is 0 Å². The van der Waals surface area contributed by atoms with Gasteiger partial charge in [0.2, 0.25) is 0 Å². The van der Waals surface area contributed by atoms with Crippen molar-refractivity contribution >= 4 is 23.0 Å². The number of carbonyl (C=O) groups excluding carboxylic acids is 2. The maximum absolute atomic E-state index is 13.0. The van der Waals surface area contributed by atoms with Gasteiger partial charge in [0.05, 0.1) is 0 Å². The highest BCUT2D eigenvalue weighted by molar-refractivity contribution is 5.88. The Morgan fingerprint density at radius 1 is 1.09 bits per heavy atom. The van der Waals surface area contributed by atoms with Crippen molar-refractivity contribution in [1.29, 1.82) is 0 Å². The zero-order chi connectivity index (χ0) is 24.1. The number of hydrogen-bond acceptors (Lipinski definition) is 6. The molecule has 0 unspecified atom stereocenters. The van der Waals surface area contributed by atoms with Gasteiger partial charge in [-0.1, -0.05) is 50.1 Å². The normalized spacial score (nSPS) is 13.4. The van der Waals surface area contributed by atoms with Crippen LogP contribution in [-0.2, 0) is 29.0 Å². The van der Waals surface area contributed by atoms with Crippen LogP contribution in [0.25, 0.3) is 11.0 Å². The van der Waals surface area contributed by atoms with E-state index in [1.54, 1.807) is 13.0 Å². The fraction of sp³-hybridized carbons (Fsp3) is 0.370. The van der Waals surface area contributed by atoms with Crippen molar-refractivity contribution in [2.75, 3.05) is 0 Å². The fourth-order valence-electron chi connectivity index (χ4n) is 4.32. The van der Waals surface area contributed by atoms with Crippen molar-refractivity contribution in [1.82, 2.24) is 5.32 Å². The molecule has 0 spiro atoms. The molecule has 0 aliphatic heterocycles. The summed E-state index contributed by atoms with van der Waals surface area (Å²) < 4.78 is 16.5. The van der Waals surface area contributed by atoms with Gasteiger partial charge < -0.3 is 19.2 Å². The van der Waals surface area contributed by atoms with Gasteiger partial charge in [0.15, 0.2) is 0 Å². The number of unbranched alkanes of at least 4 members (excludes halogenated alkanes) is 1. The number of amides is 1. The number of rotatable bonds is 8. The van der Waals surface area contributed by atoms with E-state index in [4.69, 9.17) is 13.9 Å². The van der Waals surface area contributed by atoms with Crippen molar-refractivity contribution < 1.29 is 23.5 Å². The van der Waals surface area contributed by atoms with Crippen LogP contribution in [0.1, 0.15) is 54.9 Å². The summed E-state index contributed by atoms with van der Waals surface area (Å²) in [4.78, 5) is 37.7. The molecule has 1 atom stereocenters. The first kappa shape index (κ1) is 23.5. The molecule has 0 saturated heterocycles. The van der Waals surface area contributed by atoms with Crippen LogP contribution < -0.4 is 15.7 Å². The van der Waals surface area contributed by atoms with Gasteiger partial charge in [-0.05, 0) is 55.9 Å². The monoisotopic (exact) mass is 463 g/mol. The molecule has 0 fully saturated rings. The Kier molecular flexibility index (Phi) is 7.30. The molecule has 7 nitrogen and oxygen atoms in total. The summed E-state index contributed by atoms with van der Waals surface area (Å²) in [5.41, 5.74) is 3.32. The summed E-state index contributed by atoms with van der Waals surface area (Å²) in [5.74, 6) is -0.282. The van der Waals surface area contributed by atoms with Crippen LogP contribution in [-0.4, -0.2) is 18.1 Å². The molecule has 0 bridgehead atoms. The molecule has 34 heavy (non-hydrogen) atoms. The van der Waals surface area contributed by atoms with E-state index < -0.39 is 18.1 Å². The summed E-state index contributed by atoms with van der Waals surface area (Å²) in [6.45, 7) is 3.87. The number of nitrogens with one attached hydrogen (secondary N) is 1. The molecule has 0 saturated carbocycles. The van der Waals surface area contributed by atoms with Crippen molar-refractivity contribution in [3.05, 3.63) is 75.1 Å². The number of benzene rings is 2. The lowest BCUT2D eigenvalue weighted by Gasteiger charge is -2.18. The highest BCUT2D eigenvalue weighted by Gasteiger charge is 2.26. The topological polar surface area (TPSA) is 94.8 Å². The Hall–Kier alpha value is -3.61. The number of carbonyl (C=O) groups is 2. The van der Waals surface area contributed by atoms with Crippen molar-refractivity contribution in [2.24, 2.45) is 0 Å². The predicted molar refractivity (Wildman–Crippen MR) is 128 cm³/mol. The second kappa shape index (κ2) is 10.5. The molecular weight excluding hydrogens is 434 g/mol. The van der Waals surface area contributed by atoms with Gasteiger partial charge in [-0.25, -0.2) is 14.4 Å². The maximum Gasteiger partial charge on any atom is 0.408 e. The average Bonchev–Trinajstić information content (AvgIpc) is 3.34. The second-order valence-electron chi connectivity index (χ2n) is 8.59. The van der Waals surface area contributed by atoms with Crippen LogP contribution in [0.15, 0.2) is 51.7 Å². The van der Waals surface area contributed by atoms with E-state index in [9.17, 15) is 14.4 Å². The Bertz CT molecular complexity index is 1250. The highest BCUT2D eigenvalue weighted by Crippen LogP contribution is 2.33. The van der Waals surface area contributed by atoms with Gasteiger partial charge in [0.1, 0.15) is 24.0 Å². The minimum Gasteiger partial charge on any atom is -0.445 e. The summed E-state index contributed by atoms with van der Waals surface area (Å²) in [7, 11) is 0. The maximum atomic E-state index is 13.0. The lowest BCUT2D eigenvalue weighted by molar-refractivity contribution is -0.136. The SMILES string of the molecule is CCCC[C@H](NC(=O)OCc1ccccc1)C(=O)Oc1ccc2c3c(c(=O)oc2c1C)CCC3. The smallest absolute Gasteiger partial charge is 0.408 e. The molecule has 1 aromatic heterocycles. The van der Waals surface area contributed by atoms with Gasteiger partial charge in [0, 0.05) is 16.5 Å². The van der Waals surface area contributed by atoms with Crippen molar-refractivity contribution in [3.63, 3.8) is 0 Å². The van der Waals surface area contributed by atoms with Crippen LogP contribution >= 0.6 is 0 Å². The zero-order valence-corrected chi connectivity index (χ0v) is 19.5. The average molecular weight is 464 g/mol. The fourth-order valence-corrected chi connectivity index (χ4v) is 4.32. The molecule has 1 heterocycles. The quantitative estimate of drug-likeness (QED) is 0.288. The molecule has 1 N–H and O–H groups in total. The van der Waals surface area contributed by atoms with Gasteiger partial charge >= 0.3 is 17.7 Å². The van der Waals surface area contributed by atoms with Crippen LogP contribution in [0.3, 0.4) is 0 Å². The summed E-state index contributed by atoms with van der Waals surface area (Å²) in [5, 5.41) is 3.52. The number of alkyl carbamates (subject to hydrolysis) is 1. The number of fused-ring (bicyclic) bond motifs is 3. The summed E-state index contributed by atoms with van der Waals surface area (Å²) >= 11 is 0. The molecule has 178 valence electrons. The molecule has 1 amide bonds. The van der Waals surface area contributed by atoms with E-state index in [1.165, 1.54) is 0 Å². The van der Waals surface area contributed by atoms with Crippen molar-refractivity contribution in [2.45, 2.75) is 65.0 Å². The first-order valence-corrected chi connectivity index (χ1v) is 11.7. The standard InChI is InChI=1S/C27H29NO6/c1-3-4-13-22(28-27(31)32-16-18-9-6-5-7-10-18)26(30)33-23-15-14-20-19-11-8-12-21(19)25(29)34-24(20)17(23)2/h5-7,9-10,14-15,22H,3-4,8,11-13,16H2,1-2H3,(H,28,31)/t22-/m0/s1. The molecule has 2 aromatic carbocycles. The van der Waals surface area contributed by atoms with Gasteiger partial charge in [-0.15, -0.1) is 0 Å². The van der Waals surface area contributed by atoms with E-state index in [0.717, 1.165) is 54.2 Å². The van der Waals surface area contributed by atoms with Gasteiger partial charge in [-0.2, -0.15) is 0 Å². The first-order chi connectivity index (χ1) is 16.5. The largest absolute Gasteiger partial charge is 0.445 e. The predicted octanol–water partition coefficient (Wildman–Crippen LogP) is 4.98. The highest BCUT2D eigenvalue weighted by atomic mass is 16.6. The van der Waals surface area contributed by atoms with Gasteiger partial charge in [0.25, 0.3) is 0 Å². The van der Waals surface area contributed by atoms with E-state index in [0.29, 0.717) is 23.3 Å². The van der Waals surface area contributed by atoms with E-state index in [1.807, 2.05) is 43.3 Å². The van der Waals surface area contributed by atoms with Crippen LogP contribution in [0.4, 0.5) is 4.79 Å². The summed E-state index contributed by atoms with van der Waals surface area (Å²) in [6.07, 6.45) is 3.83. The third-order valence-electron chi connectivity index (χ3n) is 6.19. The minimum atomic E-state index is -0.856. The van der Waals surface area contributed by atoms with Crippen LogP contribution in [0.2, 0.25) is 0 Å². The molecule has 1 aliphatic carbocycles. The molecule has 7 heteroatoms. The van der Waals surface area contributed by atoms with Crippen molar-refractivity contribution in [3.8, 4) is 5.75 Å². The second-order valence-corrected chi connectivity index (χ2v) is 8.59. The third-order valence-corrected chi connectivity index (χ3v) is 6.19. The van der Waals surface area contributed by atoms with Gasteiger partial charge in [-0.3, -0.25) is 0 Å². The molecule has 3 aromatic rings. The minimum absolute atomic E-state index is 0.107. The Labute approximate surface area is 198 Å². The third kappa shape index (κ3) is 5.14. The Morgan fingerprint density at radius 3 is 2.62 bits per heavy atom. The zero-order valence-electron chi connectivity index (χ0n) is 19.5. The number of ether oxygens (including phenoxy) is 2. The molecular formula is C27H29NO6. The lowest BCUT2D eigenvalue weighted by Crippen LogP contribution is -2.43. The van der Waals surface area contributed by atoms with E-state index in [-0.39, 0.29) is 12.2 Å². The number of aryl methyl sites for hydroxylation is 2. The number of hydrogen-bond donors (Lipinski definition) is 1. The Morgan fingerprint density at radius 2 is 1.85 bits per heavy atom. The first-order valence-electron chi connectivity index (χ1n) is 11.7. The molecule has 4 rings (SSSR count). The summed E-state index contributed by atoms with van der Waals surface area (Å²) in [6, 6.07) is 12.0. The lowest BCUT2D eigenvalue weighted by atomic mass is 10.0. The van der Waals surface area contributed by atoms with E-state index in [2.05, 4.69) is 5.32 Å². The number of esters is 1. The molecule has 1 aliphatic rings. The Balaban J connectivity index is 1.48. The van der Waals surface area contributed by atoms with Crippen LogP contribution in [0, 0.1) is 6.92 Å². The van der Waals surface area contributed by atoms with Crippen LogP contribution in [0.5, 0.6) is 5.75 Å².